The quantitative estimate of drug-likeness (QED) is 0.855. The van der Waals surface area contributed by atoms with Crippen LogP contribution < -0.4 is 0 Å². The number of hydrogen-bond donors (Lipinski definition) is 0. The smallest absolute Gasteiger partial charge is 0.207 e. The fraction of sp³-hybridized carbons (Fsp3) is 0.294. The summed E-state index contributed by atoms with van der Waals surface area (Å²) in [5, 5.41) is 0. The van der Waals surface area contributed by atoms with Crippen LogP contribution in [0.4, 0.5) is 0 Å². The first-order chi connectivity index (χ1) is 10.1. The molecular formula is C17H19NO2S. The average Bonchev–Trinajstić information content (AvgIpc) is 2.46. The monoisotopic (exact) mass is 301 g/mol. The standard InChI is InChI=1S/C17H19NO2S/c1-14-5-7-17(8-6-14)21(19,20)18-11-9-15-3-2-4-16(13-15)10-12-18/h2-8,13H,9-12H2,1H3. The highest BCUT2D eigenvalue weighted by atomic mass is 32.2. The lowest BCUT2D eigenvalue weighted by Gasteiger charge is -2.24. The van der Waals surface area contributed by atoms with Gasteiger partial charge in [0.05, 0.1) is 4.90 Å². The maximum absolute atomic E-state index is 12.8. The van der Waals surface area contributed by atoms with Gasteiger partial charge in [0.25, 0.3) is 0 Å². The van der Waals surface area contributed by atoms with Crippen LogP contribution in [-0.4, -0.2) is 25.8 Å². The molecule has 0 aliphatic carbocycles. The minimum absolute atomic E-state index is 0.386. The van der Waals surface area contributed by atoms with E-state index in [0.717, 1.165) is 18.4 Å². The van der Waals surface area contributed by atoms with Crippen molar-refractivity contribution in [2.75, 3.05) is 13.1 Å². The molecule has 0 saturated heterocycles. The fourth-order valence-electron chi connectivity index (χ4n) is 2.66. The molecule has 2 aromatic carbocycles. The van der Waals surface area contributed by atoms with Gasteiger partial charge in [-0.1, -0.05) is 42.0 Å². The molecule has 1 heterocycles. The predicted molar refractivity (Wildman–Crippen MR) is 83.8 cm³/mol. The highest BCUT2D eigenvalue weighted by Gasteiger charge is 2.24. The van der Waals surface area contributed by atoms with Crippen LogP contribution in [0, 0.1) is 6.92 Å². The summed E-state index contributed by atoms with van der Waals surface area (Å²) in [5.41, 5.74) is 3.48. The first kappa shape index (κ1) is 14.3. The second-order valence-corrected chi connectivity index (χ2v) is 7.48. The van der Waals surface area contributed by atoms with Gasteiger partial charge in [0, 0.05) is 13.1 Å². The largest absolute Gasteiger partial charge is 0.243 e. The Morgan fingerprint density at radius 2 is 1.48 bits per heavy atom. The zero-order chi connectivity index (χ0) is 14.9. The van der Waals surface area contributed by atoms with Crippen molar-refractivity contribution in [2.45, 2.75) is 24.7 Å². The Balaban J connectivity index is 1.87. The summed E-state index contributed by atoms with van der Waals surface area (Å²) in [7, 11) is -3.39. The molecule has 3 rings (SSSR count). The molecule has 0 aromatic heterocycles. The van der Waals surface area contributed by atoms with E-state index in [-0.39, 0.29) is 0 Å². The van der Waals surface area contributed by atoms with E-state index in [2.05, 4.69) is 24.3 Å². The Morgan fingerprint density at radius 1 is 0.905 bits per heavy atom. The second-order valence-electron chi connectivity index (χ2n) is 5.54. The Hall–Kier alpha value is -1.65. The van der Waals surface area contributed by atoms with Crippen LogP contribution in [0.15, 0.2) is 53.4 Å². The summed E-state index contributed by atoms with van der Waals surface area (Å²) in [6.45, 7) is 3.04. The highest BCUT2D eigenvalue weighted by molar-refractivity contribution is 7.89. The van der Waals surface area contributed by atoms with Crippen molar-refractivity contribution in [1.82, 2.24) is 4.31 Å². The average molecular weight is 301 g/mol. The van der Waals surface area contributed by atoms with E-state index in [1.54, 1.807) is 16.4 Å². The van der Waals surface area contributed by atoms with E-state index in [1.165, 1.54) is 11.1 Å². The van der Waals surface area contributed by atoms with Gasteiger partial charge in [-0.2, -0.15) is 4.31 Å². The summed E-state index contributed by atoms with van der Waals surface area (Å²) in [6, 6.07) is 15.4. The van der Waals surface area contributed by atoms with Gasteiger partial charge in [0.2, 0.25) is 10.0 Å². The molecule has 0 N–H and O–H groups in total. The molecule has 21 heavy (non-hydrogen) atoms. The summed E-state index contributed by atoms with van der Waals surface area (Å²) >= 11 is 0. The highest BCUT2D eigenvalue weighted by Crippen LogP contribution is 2.20. The molecule has 3 nitrogen and oxygen atoms in total. The lowest BCUT2D eigenvalue weighted by molar-refractivity contribution is 0.414. The van der Waals surface area contributed by atoms with Crippen molar-refractivity contribution in [1.29, 1.82) is 0 Å². The van der Waals surface area contributed by atoms with Crippen LogP contribution in [-0.2, 0) is 22.9 Å². The van der Waals surface area contributed by atoms with Gasteiger partial charge < -0.3 is 0 Å². The molecule has 0 amide bonds. The lowest BCUT2D eigenvalue weighted by atomic mass is 10.0. The maximum Gasteiger partial charge on any atom is 0.243 e. The molecule has 2 bridgehead atoms. The number of hydrogen-bond acceptors (Lipinski definition) is 2. The third-order valence-electron chi connectivity index (χ3n) is 3.95. The molecule has 0 radical (unpaired) electrons. The molecule has 0 atom stereocenters. The lowest BCUT2D eigenvalue weighted by Crippen LogP contribution is -2.35. The van der Waals surface area contributed by atoms with Gasteiger partial charge in [0.1, 0.15) is 0 Å². The van der Waals surface area contributed by atoms with Gasteiger partial charge in [0.15, 0.2) is 0 Å². The van der Waals surface area contributed by atoms with E-state index in [1.807, 2.05) is 19.1 Å². The number of fused-ring (bicyclic) bond motifs is 2. The first-order valence-corrected chi connectivity index (χ1v) is 8.64. The molecule has 110 valence electrons. The minimum atomic E-state index is -3.39. The van der Waals surface area contributed by atoms with Crippen molar-refractivity contribution >= 4 is 10.0 Å². The first-order valence-electron chi connectivity index (χ1n) is 7.20. The molecule has 0 unspecified atom stereocenters. The van der Waals surface area contributed by atoms with Crippen LogP contribution >= 0.6 is 0 Å². The van der Waals surface area contributed by atoms with Gasteiger partial charge in [-0.3, -0.25) is 0 Å². The Morgan fingerprint density at radius 3 is 2.05 bits per heavy atom. The minimum Gasteiger partial charge on any atom is -0.207 e. The third-order valence-corrected chi connectivity index (χ3v) is 5.86. The summed E-state index contributed by atoms with van der Waals surface area (Å²) < 4.78 is 27.1. The molecule has 0 spiro atoms. The van der Waals surface area contributed by atoms with Crippen LogP contribution in [0.1, 0.15) is 16.7 Å². The molecule has 1 aliphatic rings. The molecule has 1 aliphatic heterocycles. The van der Waals surface area contributed by atoms with Gasteiger partial charge >= 0.3 is 0 Å². The number of sulfonamides is 1. The van der Waals surface area contributed by atoms with Gasteiger partial charge in [-0.25, -0.2) is 8.42 Å². The summed E-state index contributed by atoms with van der Waals surface area (Å²) in [4.78, 5) is 0.386. The maximum atomic E-state index is 12.8. The number of aryl methyl sites for hydroxylation is 1. The van der Waals surface area contributed by atoms with Gasteiger partial charge in [-0.15, -0.1) is 0 Å². The van der Waals surface area contributed by atoms with E-state index < -0.39 is 10.0 Å². The van der Waals surface area contributed by atoms with Crippen LogP contribution in [0.2, 0.25) is 0 Å². The zero-order valence-corrected chi connectivity index (χ0v) is 12.9. The number of benzene rings is 2. The number of nitrogens with zero attached hydrogens (tertiary/aromatic N) is 1. The van der Waals surface area contributed by atoms with E-state index >= 15 is 0 Å². The number of rotatable bonds is 2. The Bertz CT molecular complexity index is 712. The molecule has 4 heteroatoms. The van der Waals surface area contributed by atoms with Gasteiger partial charge in [-0.05, 0) is 43.0 Å². The van der Waals surface area contributed by atoms with Crippen molar-refractivity contribution < 1.29 is 8.42 Å². The molecular weight excluding hydrogens is 282 g/mol. The van der Waals surface area contributed by atoms with Crippen molar-refractivity contribution in [3.05, 3.63) is 65.2 Å². The Kier molecular flexibility index (Phi) is 3.83. The fourth-order valence-corrected chi connectivity index (χ4v) is 4.10. The molecule has 2 aromatic rings. The van der Waals surface area contributed by atoms with Crippen molar-refractivity contribution in [2.24, 2.45) is 0 Å². The third kappa shape index (κ3) is 3.01. The summed E-state index contributed by atoms with van der Waals surface area (Å²) in [5.74, 6) is 0. The summed E-state index contributed by atoms with van der Waals surface area (Å²) in [6.07, 6.45) is 1.53. The zero-order valence-electron chi connectivity index (χ0n) is 12.1. The molecule has 0 fully saturated rings. The Labute approximate surface area is 126 Å². The topological polar surface area (TPSA) is 37.4 Å². The van der Waals surface area contributed by atoms with Crippen molar-refractivity contribution in [3.8, 4) is 0 Å². The van der Waals surface area contributed by atoms with Crippen LogP contribution in [0.5, 0.6) is 0 Å². The predicted octanol–water partition coefficient (Wildman–Crippen LogP) is 2.78. The van der Waals surface area contributed by atoms with E-state index in [9.17, 15) is 8.42 Å². The normalized spacial score (nSPS) is 16.2. The van der Waals surface area contributed by atoms with Crippen molar-refractivity contribution in [3.63, 3.8) is 0 Å². The second kappa shape index (κ2) is 5.62. The van der Waals surface area contributed by atoms with Crippen LogP contribution in [0.25, 0.3) is 0 Å². The molecule has 0 saturated carbocycles. The van der Waals surface area contributed by atoms with E-state index in [0.29, 0.717) is 18.0 Å². The SMILES string of the molecule is Cc1ccc(S(=O)(=O)N2CCc3cccc(c3)CC2)cc1. The van der Waals surface area contributed by atoms with Crippen LogP contribution in [0.3, 0.4) is 0 Å². The van der Waals surface area contributed by atoms with E-state index in [4.69, 9.17) is 0 Å².